The molecule has 106 valence electrons. The summed E-state index contributed by atoms with van der Waals surface area (Å²) in [6.07, 6.45) is 1.01. The summed E-state index contributed by atoms with van der Waals surface area (Å²) in [6, 6.07) is 6.30. The fourth-order valence-corrected chi connectivity index (χ4v) is 3.13. The highest BCUT2D eigenvalue weighted by molar-refractivity contribution is 7.09. The van der Waals surface area contributed by atoms with Gasteiger partial charge in [0.05, 0.1) is 23.9 Å². The summed E-state index contributed by atoms with van der Waals surface area (Å²) in [4.78, 5) is 4.70. The molecule has 1 N–H and O–H groups in total. The van der Waals surface area contributed by atoms with Crippen molar-refractivity contribution < 1.29 is 4.74 Å². The molecule has 1 aromatic heterocycles. The number of aromatic nitrogens is 1. The summed E-state index contributed by atoms with van der Waals surface area (Å²) >= 11 is 1.74. The maximum absolute atomic E-state index is 5.52. The summed E-state index contributed by atoms with van der Waals surface area (Å²) < 4.78 is 5.52. The van der Waals surface area contributed by atoms with Crippen molar-refractivity contribution in [3.63, 3.8) is 0 Å². The van der Waals surface area contributed by atoms with Gasteiger partial charge in [-0.2, -0.15) is 0 Å². The van der Waals surface area contributed by atoms with Crippen LogP contribution < -0.4 is 10.1 Å². The van der Waals surface area contributed by atoms with E-state index in [2.05, 4.69) is 43.6 Å². The van der Waals surface area contributed by atoms with Crippen LogP contribution in [0.25, 0.3) is 0 Å². The van der Waals surface area contributed by atoms with Crippen LogP contribution in [0.2, 0.25) is 0 Å². The molecule has 0 saturated carbocycles. The second-order valence-corrected chi connectivity index (χ2v) is 7.03. The number of anilines is 1. The average molecular weight is 288 g/mol. The lowest BCUT2D eigenvalue weighted by Gasteiger charge is -2.13. The number of fused-ring (bicyclic) bond motifs is 1. The molecule has 20 heavy (non-hydrogen) atoms. The van der Waals surface area contributed by atoms with Crippen molar-refractivity contribution >= 4 is 17.0 Å². The fourth-order valence-electron chi connectivity index (χ4n) is 2.22. The van der Waals surface area contributed by atoms with E-state index in [1.54, 1.807) is 11.3 Å². The lowest BCUT2D eigenvalue weighted by molar-refractivity contribution is 0.357. The van der Waals surface area contributed by atoms with E-state index in [0.29, 0.717) is 0 Å². The molecule has 3 nitrogen and oxygen atoms in total. The van der Waals surface area contributed by atoms with Crippen LogP contribution >= 0.6 is 11.3 Å². The molecule has 0 aliphatic carbocycles. The quantitative estimate of drug-likeness (QED) is 0.927. The van der Waals surface area contributed by atoms with Gasteiger partial charge in [0.25, 0.3) is 0 Å². The summed E-state index contributed by atoms with van der Waals surface area (Å²) in [5.41, 5.74) is 3.67. The molecule has 2 heterocycles. The van der Waals surface area contributed by atoms with E-state index >= 15 is 0 Å². The summed E-state index contributed by atoms with van der Waals surface area (Å²) in [5, 5.41) is 6.78. The number of nitrogens with one attached hydrogen (secondary N) is 1. The van der Waals surface area contributed by atoms with Gasteiger partial charge in [0, 0.05) is 22.9 Å². The molecule has 0 atom stereocenters. The van der Waals surface area contributed by atoms with Gasteiger partial charge < -0.3 is 10.1 Å². The number of nitrogens with zero attached hydrogens (tertiary/aromatic N) is 1. The van der Waals surface area contributed by atoms with Gasteiger partial charge in [-0.15, -0.1) is 11.3 Å². The van der Waals surface area contributed by atoms with Crippen LogP contribution in [0.3, 0.4) is 0 Å². The monoisotopic (exact) mass is 288 g/mol. The van der Waals surface area contributed by atoms with Crippen LogP contribution in [0.5, 0.6) is 5.75 Å². The Morgan fingerprint density at radius 3 is 2.95 bits per heavy atom. The molecule has 0 amide bonds. The van der Waals surface area contributed by atoms with Crippen LogP contribution in [0.1, 0.15) is 37.0 Å². The third-order valence-electron chi connectivity index (χ3n) is 3.36. The fraction of sp³-hybridized carbons (Fsp3) is 0.438. The predicted octanol–water partition coefficient (Wildman–Crippen LogP) is 3.99. The van der Waals surface area contributed by atoms with E-state index in [-0.39, 0.29) is 5.41 Å². The van der Waals surface area contributed by atoms with Crippen molar-refractivity contribution in [1.29, 1.82) is 0 Å². The molecule has 1 aliphatic heterocycles. The highest BCUT2D eigenvalue weighted by Gasteiger charge is 2.18. The number of rotatable bonds is 3. The highest BCUT2D eigenvalue weighted by atomic mass is 32.1. The Morgan fingerprint density at radius 2 is 2.20 bits per heavy atom. The molecule has 0 spiro atoms. The third-order valence-corrected chi connectivity index (χ3v) is 4.67. The van der Waals surface area contributed by atoms with Crippen LogP contribution in [-0.4, -0.2) is 11.6 Å². The van der Waals surface area contributed by atoms with Crippen molar-refractivity contribution in [1.82, 2.24) is 4.98 Å². The second-order valence-electron chi connectivity index (χ2n) is 6.17. The number of ether oxygens (including phenoxy) is 1. The molecule has 2 aromatic rings. The molecule has 0 unspecified atom stereocenters. The number of benzene rings is 1. The largest absolute Gasteiger partial charge is 0.493 e. The predicted molar refractivity (Wildman–Crippen MR) is 83.8 cm³/mol. The minimum Gasteiger partial charge on any atom is -0.493 e. The van der Waals surface area contributed by atoms with Gasteiger partial charge >= 0.3 is 0 Å². The molecule has 1 aromatic carbocycles. The Kier molecular flexibility index (Phi) is 3.42. The van der Waals surface area contributed by atoms with Crippen molar-refractivity contribution in [3.05, 3.63) is 39.8 Å². The zero-order valence-corrected chi connectivity index (χ0v) is 13.0. The highest BCUT2D eigenvalue weighted by Crippen LogP contribution is 2.29. The Hall–Kier alpha value is -1.55. The Morgan fingerprint density at radius 1 is 1.35 bits per heavy atom. The first-order valence-corrected chi connectivity index (χ1v) is 7.85. The van der Waals surface area contributed by atoms with Crippen molar-refractivity contribution in [3.8, 4) is 5.75 Å². The summed E-state index contributed by atoms with van der Waals surface area (Å²) in [7, 11) is 0. The molecule has 1 aliphatic rings. The molecular weight excluding hydrogens is 268 g/mol. The Labute approximate surface area is 124 Å². The Balaban J connectivity index is 1.66. The van der Waals surface area contributed by atoms with Gasteiger partial charge in [-0.05, 0) is 23.8 Å². The van der Waals surface area contributed by atoms with Gasteiger partial charge in [0.2, 0.25) is 0 Å². The van der Waals surface area contributed by atoms with E-state index in [1.807, 2.05) is 6.07 Å². The molecule has 0 bridgehead atoms. The lowest BCUT2D eigenvalue weighted by Crippen LogP contribution is -2.11. The standard InChI is InChI=1S/C16H20N2OS/c1-16(2,3)15-18-13(10-20-15)9-17-12-4-5-14-11(8-12)6-7-19-14/h4-5,8,10,17H,6-7,9H2,1-3H3. The number of thiazole rings is 1. The first-order valence-electron chi connectivity index (χ1n) is 6.97. The van der Waals surface area contributed by atoms with E-state index in [4.69, 9.17) is 9.72 Å². The molecule has 4 heteroatoms. The zero-order chi connectivity index (χ0) is 14.2. The molecule has 0 fully saturated rings. The van der Waals surface area contributed by atoms with E-state index in [0.717, 1.165) is 36.7 Å². The summed E-state index contributed by atoms with van der Waals surface area (Å²) in [5.74, 6) is 1.03. The van der Waals surface area contributed by atoms with Gasteiger partial charge in [0.1, 0.15) is 5.75 Å². The topological polar surface area (TPSA) is 34.2 Å². The van der Waals surface area contributed by atoms with Crippen LogP contribution in [0.15, 0.2) is 23.6 Å². The van der Waals surface area contributed by atoms with Gasteiger partial charge in [-0.3, -0.25) is 0 Å². The normalized spacial score (nSPS) is 13.9. The van der Waals surface area contributed by atoms with E-state index in [9.17, 15) is 0 Å². The van der Waals surface area contributed by atoms with Crippen LogP contribution in [0, 0.1) is 0 Å². The molecular formula is C16H20N2OS. The van der Waals surface area contributed by atoms with Gasteiger partial charge in [-0.25, -0.2) is 4.98 Å². The third kappa shape index (κ3) is 2.80. The van der Waals surface area contributed by atoms with E-state index in [1.165, 1.54) is 10.6 Å². The van der Waals surface area contributed by atoms with Crippen molar-refractivity contribution in [2.75, 3.05) is 11.9 Å². The van der Waals surface area contributed by atoms with Crippen LogP contribution in [0.4, 0.5) is 5.69 Å². The zero-order valence-electron chi connectivity index (χ0n) is 12.2. The first-order chi connectivity index (χ1) is 9.52. The SMILES string of the molecule is CC(C)(C)c1nc(CNc2ccc3c(c2)CCO3)cs1. The van der Waals surface area contributed by atoms with Crippen molar-refractivity contribution in [2.24, 2.45) is 0 Å². The Bertz CT molecular complexity index is 613. The first kappa shape index (κ1) is 13.4. The number of hydrogen-bond acceptors (Lipinski definition) is 4. The number of hydrogen-bond donors (Lipinski definition) is 1. The van der Waals surface area contributed by atoms with E-state index < -0.39 is 0 Å². The average Bonchev–Trinajstić information content (AvgIpc) is 3.04. The summed E-state index contributed by atoms with van der Waals surface area (Å²) in [6.45, 7) is 8.17. The lowest BCUT2D eigenvalue weighted by atomic mass is 9.98. The van der Waals surface area contributed by atoms with Crippen molar-refractivity contribution in [2.45, 2.75) is 39.2 Å². The minimum atomic E-state index is 0.133. The minimum absolute atomic E-state index is 0.133. The maximum Gasteiger partial charge on any atom is 0.122 e. The molecule has 0 saturated heterocycles. The molecule has 0 radical (unpaired) electrons. The van der Waals surface area contributed by atoms with Crippen LogP contribution in [-0.2, 0) is 18.4 Å². The maximum atomic E-state index is 5.52. The van der Waals surface area contributed by atoms with Gasteiger partial charge in [0.15, 0.2) is 0 Å². The van der Waals surface area contributed by atoms with Gasteiger partial charge in [-0.1, -0.05) is 20.8 Å². The molecule has 3 rings (SSSR count). The smallest absolute Gasteiger partial charge is 0.122 e. The second kappa shape index (κ2) is 5.09.